The second-order valence-electron chi connectivity index (χ2n) is 8.83. The molecule has 9 heteroatoms. The van der Waals surface area contributed by atoms with Gasteiger partial charge in [0.15, 0.2) is 5.96 Å². The first-order chi connectivity index (χ1) is 15.6. The number of para-hydroxylation sites is 1. The zero-order valence-electron chi connectivity index (χ0n) is 19.8. The number of hydrogen-bond acceptors (Lipinski definition) is 4. The summed E-state index contributed by atoms with van der Waals surface area (Å²) >= 11 is 0. The zero-order chi connectivity index (χ0) is 22.5. The summed E-state index contributed by atoms with van der Waals surface area (Å²) in [6, 6.07) is 8.02. The number of hydrogen-bond donors (Lipinski definition) is 1. The Bertz CT molecular complexity index is 849. The van der Waals surface area contributed by atoms with E-state index in [9.17, 15) is 9.59 Å². The van der Waals surface area contributed by atoms with E-state index in [1.165, 1.54) is 5.56 Å². The molecule has 0 aromatic heterocycles. The van der Waals surface area contributed by atoms with Crippen molar-refractivity contribution in [1.29, 1.82) is 0 Å². The van der Waals surface area contributed by atoms with Crippen molar-refractivity contribution in [3.63, 3.8) is 0 Å². The van der Waals surface area contributed by atoms with Crippen LogP contribution in [0.5, 0.6) is 0 Å². The highest BCUT2D eigenvalue weighted by atomic mass is 127. The molecule has 2 fully saturated rings. The molecular formula is C24H37IN6O2. The molecule has 0 bridgehead atoms. The Morgan fingerprint density at radius 2 is 1.70 bits per heavy atom. The van der Waals surface area contributed by atoms with Gasteiger partial charge in [0.1, 0.15) is 6.54 Å². The van der Waals surface area contributed by atoms with E-state index in [-0.39, 0.29) is 48.4 Å². The maximum Gasteiger partial charge on any atom is 0.248 e. The highest BCUT2D eigenvalue weighted by Gasteiger charge is 2.31. The minimum Gasteiger partial charge on any atom is -0.357 e. The largest absolute Gasteiger partial charge is 0.357 e. The van der Waals surface area contributed by atoms with Crippen LogP contribution in [-0.2, 0) is 16.0 Å². The lowest BCUT2D eigenvalue weighted by molar-refractivity contribution is -0.135. The van der Waals surface area contributed by atoms with Crippen molar-refractivity contribution in [3.05, 3.63) is 29.8 Å². The number of guanidine groups is 1. The molecule has 1 unspecified atom stereocenters. The average molecular weight is 569 g/mol. The van der Waals surface area contributed by atoms with Crippen LogP contribution in [0.2, 0.25) is 0 Å². The number of rotatable bonds is 5. The number of carbonyl (C=O) groups is 2. The molecule has 2 saturated heterocycles. The van der Waals surface area contributed by atoms with Crippen LogP contribution < -0.4 is 10.2 Å². The van der Waals surface area contributed by atoms with E-state index >= 15 is 0 Å². The molecule has 3 aliphatic heterocycles. The fraction of sp³-hybridized carbons (Fsp3) is 0.625. The second-order valence-corrected chi connectivity index (χ2v) is 8.83. The fourth-order valence-electron chi connectivity index (χ4n) is 4.93. The van der Waals surface area contributed by atoms with Gasteiger partial charge >= 0.3 is 0 Å². The van der Waals surface area contributed by atoms with Crippen LogP contribution >= 0.6 is 24.0 Å². The van der Waals surface area contributed by atoms with E-state index in [1.54, 1.807) is 0 Å². The van der Waals surface area contributed by atoms with Gasteiger partial charge in [-0.25, -0.2) is 4.99 Å². The first-order valence-corrected chi connectivity index (χ1v) is 12.0. The molecule has 4 rings (SSSR count). The van der Waals surface area contributed by atoms with Crippen LogP contribution in [0.3, 0.4) is 0 Å². The number of aliphatic imine (C=N–C) groups is 1. The summed E-state index contributed by atoms with van der Waals surface area (Å²) in [5, 5.41) is 3.34. The van der Waals surface area contributed by atoms with E-state index in [0.29, 0.717) is 0 Å². The van der Waals surface area contributed by atoms with Gasteiger partial charge < -0.3 is 20.0 Å². The summed E-state index contributed by atoms with van der Waals surface area (Å²) in [4.78, 5) is 38.6. The SMILES string of the molecule is CCNC(=NCC(=O)N1CCc2ccccc21)N1CCN(C(C)C(=O)N2CCCC2)CC1.I. The number of nitrogens with one attached hydrogen (secondary N) is 1. The standard InChI is InChI=1S/C24H36N6O2.HI/c1-3-25-24(26-18-22(31)30-13-10-20-8-4-5-9-21(20)30)29-16-14-27(15-17-29)19(2)23(32)28-11-6-7-12-28;/h4-5,8-9,19H,3,6-7,10-18H2,1-2H3,(H,25,26);1H. The van der Waals surface area contributed by atoms with Crippen molar-refractivity contribution in [1.82, 2.24) is 20.0 Å². The third-order valence-corrected chi connectivity index (χ3v) is 6.82. The highest BCUT2D eigenvalue weighted by Crippen LogP contribution is 2.27. The van der Waals surface area contributed by atoms with E-state index in [1.807, 2.05) is 41.8 Å². The van der Waals surface area contributed by atoms with Gasteiger partial charge in [0, 0.05) is 58.0 Å². The number of likely N-dealkylation sites (tertiary alicyclic amines) is 1. The Hall–Kier alpha value is -1.88. The third-order valence-electron chi connectivity index (χ3n) is 6.82. The summed E-state index contributed by atoms with van der Waals surface area (Å²) in [6.07, 6.45) is 3.15. The van der Waals surface area contributed by atoms with Gasteiger partial charge in [-0.3, -0.25) is 14.5 Å². The fourth-order valence-corrected chi connectivity index (χ4v) is 4.93. The van der Waals surface area contributed by atoms with Gasteiger partial charge in [-0.2, -0.15) is 0 Å². The number of nitrogens with zero attached hydrogens (tertiary/aromatic N) is 5. The van der Waals surface area contributed by atoms with Crippen LogP contribution in [0.4, 0.5) is 5.69 Å². The molecular weight excluding hydrogens is 531 g/mol. The molecule has 0 aliphatic carbocycles. The summed E-state index contributed by atoms with van der Waals surface area (Å²) in [7, 11) is 0. The van der Waals surface area contributed by atoms with Crippen molar-refractivity contribution >= 4 is 47.4 Å². The third kappa shape index (κ3) is 5.98. The maximum absolute atomic E-state index is 12.9. The normalized spacial score (nSPS) is 19.8. The number of anilines is 1. The van der Waals surface area contributed by atoms with Crippen molar-refractivity contribution in [3.8, 4) is 0 Å². The monoisotopic (exact) mass is 568 g/mol. The number of fused-ring (bicyclic) bond motifs is 1. The summed E-state index contributed by atoms with van der Waals surface area (Å²) in [5.41, 5.74) is 2.24. The quantitative estimate of drug-likeness (QED) is 0.334. The van der Waals surface area contributed by atoms with Crippen molar-refractivity contribution < 1.29 is 9.59 Å². The molecule has 1 aromatic rings. The van der Waals surface area contributed by atoms with Gasteiger partial charge in [-0.15, -0.1) is 24.0 Å². The van der Waals surface area contributed by atoms with E-state index in [0.717, 1.165) is 83.3 Å². The Labute approximate surface area is 214 Å². The van der Waals surface area contributed by atoms with E-state index < -0.39 is 0 Å². The predicted molar refractivity (Wildman–Crippen MR) is 142 cm³/mol. The maximum atomic E-state index is 12.9. The van der Waals surface area contributed by atoms with Gasteiger partial charge in [0.05, 0.1) is 6.04 Å². The van der Waals surface area contributed by atoms with Gasteiger partial charge in [0.2, 0.25) is 11.8 Å². The smallest absolute Gasteiger partial charge is 0.248 e. The molecule has 1 atom stereocenters. The lowest BCUT2D eigenvalue weighted by atomic mass is 10.2. The van der Waals surface area contributed by atoms with Crippen molar-refractivity contribution in [2.75, 3.05) is 63.8 Å². The van der Waals surface area contributed by atoms with Gasteiger partial charge in [0.25, 0.3) is 0 Å². The molecule has 0 saturated carbocycles. The Morgan fingerprint density at radius 1 is 1.00 bits per heavy atom. The summed E-state index contributed by atoms with van der Waals surface area (Å²) < 4.78 is 0. The molecule has 33 heavy (non-hydrogen) atoms. The molecule has 3 heterocycles. The molecule has 182 valence electrons. The minimum atomic E-state index is -0.0772. The predicted octanol–water partition coefficient (Wildman–Crippen LogP) is 1.79. The van der Waals surface area contributed by atoms with E-state index in [4.69, 9.17) is 0 Å². The number of benzene rings is 1. The topological polar surface area (TPSA) is 71.5 Å². The Kier molecular flexibility index (Phi) is 9.37. The van der Waals surface area contributed by atoms with E-state index in [2.05, 4.69) is 26.2 Å². The van der Waals surface area contributed by atoms with Crippen LogP contribution in [-0.4, -0.2) is 97.4 Å². The lowest BCUT2D eigenvalue weighted by Gasteiger charge is -2.39. The molecule has 1 aromatic carbocycles. The summed E-state index contributed by atoms with van der Waals surface area (Å²) in [6.45, 7) is 10.7. The van der Waals surface area contributed by atoms with Crippen molar-refractivity contribution in [2.24, 2.45) is 4.99 Å². The molecule has 1 N–H and O–H groups in total. The van der Waals surface area contributed by atoms with Crippen LogP contribution in [0.15, 0.2) is 29.3 Å². The van der Waals surface area contributed by atoms with Crippen LogP contribution in [0.1, 0.15) is 32.3 Å². The first-order valence-electron chi connectivity index (χ1n) is 12.0. The number of carbonyl (C=O) groups excluding carboxylic acids is 2. The van der Waals surface area contributed by atoms with Crippen molar-refractivity contribution in [2.45, 2.75) is 39.2 Å². The highest BCUT2D eigenvalue weighted by molar-refractivity contribution is 14.0. The van der Waals surface area contributed by atoms with Gasteiger partial charge in [-0.1, -0.05) is 18.2 Å². The Balaban J connectivity index is 0.00000306. The minimum absolute atomic E-state index is 0. The Morgan fingerprint density at radius 3 is 2.39 bits per heavy atom. The van der Waals surface area contributed by atoms with Crippen LogP contribution in [0, 0.1) is 0 Å². The number of amides is 2. The number of halogens is 1. The number of piperazine rings is 1. The zero-order valence-corrected chi connectivity index (χ0v) is 22.2. The molecule has 8 nitrogen and oxygen atoms in total. The second kappa shape index (κ2) is 12.0. The molecule has 2 amide bonds. The average Bonchev–Trinajstić information content (AvgIpc) is 3.51. The molecule has 0 spiro atoms. The summed E-state index contributed by atoms with van der Waals surface area (Å²) in [5.74, 6) is 1.08. The van der Waals surface area contributed by atoms with Gasteiger partial charge in [-0.05, 0) is 44.7 Å². The van der Waals surface area contributed by atoms with Crippen LogP contribution in [0.25, 0.3) is 0 Å². The molecule has 0 radical (unpaired) electrons. The molecule has 3 aliphatic rings. The first kappa shape index (κ1) is 25.7. The lowest BCUT2D eigenvalue weighted by Crippen LogP contribution is -2.57.